The van der Waals surface area contributed by atoms with Crippen molar-refractivity contribution in [3.63, 3.8) is 0 Å². The first-order valence-corrected chi connectivity index (χ1v) is 9.89. The molecule has 2 rings (SSSR count). The van der Waals surface area contributed by atoms with Crippen molar-refractivity contribution in [3.8, 4) is 0 Å². The third-order valence-corrected chi connectivity index (χ3v) is 5.33. The van der Waals surface area contributed by atoms with E-state index in [2.05, 4.69) is 18.7 Å². The van der Waals surface area contributed by atoms with E-state index in [0.717, 1.165) is 25.2 Å². The smallest absolute Gasteiger partial charge is 0.239 e. The fourth-order valence-electron chi connectivity index (χ4n) is 2.89. The minimum Gasteiger partial charge on any atom is -0.340 e. The SMILES string of the molecule is CC(C)CN1CCN(Cc2ccc(S(C)(=O)=O)cc2)[C@H](C)C1=O. The molecule has 1 aliphatic rings. The van der Waals surface area contributed by atoms with E-state index in [1.807, 2.05) is 24.0 Å². The van der Waals surface area contributed by atoms with Crippen molar-refractivity contribution in [1.29, 1.82) is 0 Å². The molecule has 1 fully saturated rings. The number of amides is 1. The van der Waals surface area contributed by atoms with Crippen molar-refractivity contribution in [2.24, 2.45) is 5.92 Å². The molecular weight excluding hydrogens is 312 g/mol. The first kappa shape index (κ1) is 17.9. The van der Waals surface area contributed by atoms with E-state index in [1.54, 1.807) is 12.1 Å². The molecule has 1 aliphatic heterocycles. The van der Waals surface area contributed by atoms with Gasteiger partial charge in [-0.05, 0) is 30.5 Å². The summed E-state index contributed by atoms with van der Waals surface area (Å²) >= 11 is 0. The average Bonchev–Trinajstić information content (AvgIpc) is 2.46. The molecule has 1 heterocycles. The summed E-state index contributed by atoms with van der Waals surface area (Å²) in [5.74, 6) is 0.652. The number of carbonyl (C=O) groups is 1. The lowest BCUT2D eigenvalue weighted by Crippen LogP contribution is -2.56. The second-order valence-corrected chi connectivity index (χ2v) is 8.76. The van der Waals surface area contributed by atoms with E-state index >= 15 is 0 Å². The Morgan fingerprint density at radius 3 is 2.30 bits per heavy atom. The first-order chi connectivity index (χ1) is 10.7. The summed E-state index contributed by atoms with van der Waals surface area (Å²) in [6.07, 6.45) is 1.21. The van der Waals surface area contributed by atoms with E-state index < -0.39 is 9.84 Å². The lowest BCUT2D eigenvalue weighted by Gasteiger charge is -2.39. The molecule has 6 heteroatoms. The van der Waals surface area contributed by atoms with Gasteiger partial charge in [0.2, 0.25) is 5.91 Å². The van der Waals surface area contributed by atoms with Crippen molar-refractivity contribution in [3.05, 3.63) is 29.8 Å². The van der Waals surface area contributed by atoms with Crippen LogP contribution in [0.4, 0.5) is 0 Å². The number of nitrogens with zero attached hydrogens (tertiary/aromatic N) is 2. The van der Waals surface area contributed by atoms with Crippen molar-refractivity contribution < 1.29 is 13.2 Å². The molecule has 0 unspecified atom stereocenters. The van der Waals surface area contributed by atoms with Crippen LogP contribution in [-0.2, 0) is 21.2 Å². The number of hydrogen-bond donors (Lipinski definition) is 0. The maximum Gasteiger partial charge on any atom is 0.239 e. The number of hydrogen-bond acceptors (Lipinski definition) is 4. The third-order valence-electron chi connectivity index (χ3n) is 4.20. The minimum absolute atomic E-state index is 0.142. The van der Waals surface area contributed by atoms with Gasteiger partial charge in [0, 0.05) is 32.4 Å². The Hall–Kier alpha value is -1.40. The van der Waals surface area contributed by atoms with E-state index in [9.17, 15) is 13.2 Å². The summed E-state index contributed by atoms with van der Waals surface area (Å²) in [7, 11) is -3.17. The predicted octanol–water partition coefficient (Wildman–Crippen LogP) is 1.78. The summed E-state index contributed by atoms with van der Waals surface area (Å²) in [5, 5.41) is 0. The zero-order valence-corrected chi connectivity index (χ0v) is 15.1. The number of sulfone groups is 1. The highest BCUT2D eigenvalue weighted by molar-refractivity contribution is 7.90. The molecule has 1 saturated heterocycles. The summed E-state index contributed by atoms with van der Waals surface area (Å²) in [6.45, 7) is 9.24. The van der Waals surface area contributed by atoms with Crippen molar-refractivity contribution in [2.75, 3.05) is 25.9 Å². The monoisotopic (exact) mass is 338 g/mol. The summed E-state index contributed by atoms with van der Waals surface area (Å²) < 4.78 is 23.0. The van der Waals surface area contributed by atoms with Gasteiger partial charge in [0.05, 0.1) is 10.9 Å². The lowest BCUT2D eigenvalue weighted by molar-refractivity contribution is -0.141. The van der Waals surface area contributed by atoms with E-state index in [-0.39, 0.29) is 11.9 Å². The van der Waals surface area contributed by atoms with Crippen molar-refractivity contribution in [1.82, 2.24) is 9.80 Å². The second kappa shape index (κ2) is 7.01. The normalized spacial score (nSPS) is 20.3. The molecule has 0 bridgehead atoms. The number of benzene rings is 1. The molecular formula is C17H26N2O3S. The molecule has 1 amide bonds. The fourth-order valence-corrected chi connectivity index (χ4v) is 3.52. The van der Waals surface area contributed by atoms with Gasteiger partial charge in [0.1, 0.15) is 0 Å². The van der Waals surface area contributed by atoms with Crippen LogP contribution in [0, 0.1) is 5.92 Å². The van der Waals surface area contributed by atoms with Crippen molar-refractivity contribution >= 4 is 15.7 Å². The number of rotatable bonds is 5. The van der Waals surface area contributed by atoms with Crippen LogP contribution in [0.5, 0.6) is 0 Å². The first-order valence-electron chi connectivity index (χ1n) is 8.00. The molecule has 0 aliphatic carbocycles. The largest absolute Gasteiger partial charge is 0.340 e. The van der Waals surface area contributed by atoms with Crippen LogP contribution in [-0.4, -0.2) is 56.1 Å². The molecule has 0 radical (unpaired) electrons. The topological polar surface area (TPSA) is 57.7 Å². The summed E-state index contributed by atoms with van der Waals surface area (Å²) in [4.78, 5) is 16.9. The number of carbonyl (C=O) groups excluding carboxylic acids is 1. The molecule has 23 heavy (non-hydrogen) atoms. The Morgan fingerprint density at radius 2 is 1.78 bits per heavy atom. The van der Waals surface area contributed by atoms with Gasteiger partial charge in [-0.3, -0.25) is 9.69 Å². The lowest BCUT2D eigenvalue weighted by atomic mass is 10.1. The van der Waals surface area contributed by atoms with Gasteiger partial charge < -0.3 is 4.90 Å². The molecule has 5 nitrogen and oxygen atoms in total. The maximum absolute atomic E-state index is 12.5. The van der Waals surface area contributed by atoms with Crippen LogP contribution in [0.2, 0.25) is 0 Å². The number of piperazine rings is 1. The molecule has 0 spiro atoms. The summed E-state index contributed by atoms with van der Waals surface area (Å²) in [6, 6.07) is 6.78. The van der Waals surface area contributed by atoms with Gasteiger partial charge >= 0.3 is 0 Å². The van der Waals surface area contributed by atoms with Gasteiger partial charge in [-0.15, -0.1) is 0 Å². The van der Waals surface area contributed by atoms with E-state index in [1.165, 1.54) is 6.26 Å². The van der Waals surface area contributed by atoms with Gasteiger partial charge in [0.15, 0.2) is 9.84 Å². The highest BCUT2D eigenvalue weighted by Gasteiger charge is 2.31. The van der Waals surface area contributed by atoms with Gasteiger partial charge in [0.25, 0.3) is 0 Å². The Kier molecular flexibility index (Phi) is 5.47. The Balaban J connectivity index is 2.03. The van der Waals surface area contributed by atoms with Gasteiger partial charge in [-0.25, -0.2) is 8.42 Å². The zero-order chi connectivity index (χ0) is 17.2. The van der Waals surface area contributed by atoms with Crippen LogP contribution in [0.3, 0.4) is 0 Å². The zero-order valence-electron chi connectivity index (χ0n) is 14.3. The van der Waals surface area contributed by atoms with E-state index in [4.69, 9.17) is 0 Å². The average molecular weight is 338 g/mol. The molecule has 0 aromatic heterocycles. The van der Waals surface area contributed by atoms with Crippen LogP contribution < -0.4 is 0 Å². The van der Waals surface area contributed by atoms with Crippen LogP contribution in [0.15, 0.2) is 29.2 Å². The third kappa shape index (κ3) is 4.54. The van der Waals surface area contributed by atoms with Crippen LogP contribution in [0.25, 0.3) is 0 Å². The minimum atomic E-state index is -3.17. The van der Waals surface area contributed by atoms with Gasteiger partial charge in [-0.1, -0.05) is 26.0 Å². The Bertz CT molecular complexity index is 653. The Labute approximate surface area is 139 Å². The van der Waals surface area contributed by atoms with Gasteiger partial charge in [-0.2, -0.15) is 0 Å². The molecule has 128 valence electrons. The molecule has 0 saturated carbocycles. The quantitative estimate of drug-likeness (QED) is 0.821. The van der Waals surface area contributed by atoms with Crippen molar-refractivity contribution in [2.45, 2.75) is 38.3 Å². The second-order valence-electron chi connectivity index (χ2n) is 6.74. The molecule has 0 N–H and O–H groups in total. The molecule has 1 aromatic carbocycles. The highest BCUT2D eigenvalue weighted by Crippen LogP contribution is 2.17. The van der Waals surface area contributed by atoms with E-state index in [0.29, 0.717) is 17.4 Å². The fraction of sp³-hybridized carbons (Fsp3) is 0.588. The van der Waals surface area contributed by atoms with Crippen LogP contribution >= 0.6 is 0 Å². The maximum atomic E-state index is 12.5. The Morgan fingerprint density at radius 1 is 1.17 bits per heavy atom. The summed E-state index contributed by atoms with van der Waals surface area (Å²) in [5.41, 5.74) is 1.02. The predicted molar refractivity (Wildman–Crippen MR) is 90.8 cm³/mol. The van der Waals surface area contributed by atoms with Crippen LogP contribution in [0.1, 0.15) is 26.3 Å². The highest BCUT2D eigenvalue weighted by atomic mass is 32.2. The molecule has 1 aromatic rings. The molecule has 1 atom stereocenters. The standard InChI is InChI=1S/C17H26N2O3S/c1-13(2)11-19-10-9-18(14(3)17(19)20)12-15-5-7-16(8-6-15)23(4,21)22/h5-8,13-14H,9-12H2,1-4H3/t14-/m1/s1.